The van der Waals surface area contributed by atoms with Gasteiger partial charge in [0.05, 0.1) is 19.0 Å². The predicted octanol–water partition coefficient (Wildman–Crippen LogP) is 3.21. The molecule has 90 valence electrons. The number of thiol groups is 1. The molecular formula is C12H13ClN2OS. The third kappa shape index (κ3) is 2.76. The van der Waals surface area contributed by atoms with Crippen LogP contribution in [0.15, 0.2) is 24.4 Å². The van der Waals surface area contributed by atoms with Crippen LogP contribution in [0.5, 0.6) is 5.75 Å². The van der Waals surface area contributed by atoms with Crippen LogP contribution in [0.1, 0.15) is 5.82 Å². The minimum absolute atomic E-state index is 0.672. The lowest BCUT2D eigenvalue weighted by atomic mass is 10.1. The fourth-order valence-electron chi connectivity index (χ4n) is 1.62. The molecule has 0 saturated carbocycles. The molecule has 2 rings (SSSR count). The van der Waals surface area contributed by atoms with Gasteiger partial charge in [-0.05, 0) is 24.0 Å². The van der Waals surface area contributed by atoms with E-state index in [1.54, 1.807) is 19.4 Å². The SMILES string of the molecule is COc1ccc(Cl)cc1-c1cnc(CCS)[nH]1. The Hall–Kier alpha value is -1.13. The number of methoxy groups -OCH3 is 1. The molecule has 0 aliphatic heterocycles. The fourth-order valence-corrected chi connectivity index (χ4v) is 2.01. The summed E-state index contributed by atoms with van der Waals surface area (Å²) < 4.78 is 5.30. The first-order valence-corrected chi connectivity index (χ1v) is 6.24. The van der Waals surface area contributed by atoms with Crippen LogP contribution in [-0.2, 0) is 6.42 Å². The van der Waals surface area contributed by atoms with E-state index in [0.29, 0.717) is 5.02 Å². The highest BCUT2D eigenvalue weighted by Crippen LogP contribution is 2.31. The molecule has 3 nitrogen and oxygen atoms in total. The molecule has 2 aromatic rings. The Labute approximate surface area is 111 Å². The molecule has 0 saturated heterocycles. The third-order valence-electron chi connectivity index (χ3n) is 2.43. The van der Waals surface area contributed by atoms with Gasteiger partial charge in [-0.25, -0.2) is 4.98 Å². The standard InChI is InChI=1S/C12H13ClN2OS/c1-16-11-3-2-8(13)6-9(11)10-7-14-12(15-10)4-5-17/h2-3,6-7,17H,4-5H2,1H3,(H,14,15). The van der Waals surface area contributed by atoms with Crippen molar-refractivity contribution in [1.29, 1.82) is 0 Å². The van der Waals surface area contributed by atoms with Gasteiger partial charge < -0.3 is 9.72 Å². The minimum atomic E-state index is 0.672. The van der Waals surface area contributed by atoms with Gasteiger partial charge in [-0.3, -0.25) is 0 Å². The Morgan fingerprint density at radius 1 is 1.47 bits per heavy atom. The van der Waals surface area contributed by atoms with E-state index in [9.17, 15) is 0 Å². The molecule has 0 aliphatic rings. The summed E-state index contributed by atoms with van der Waals surface area (Å²) in [5, 5.41) is 0.672. The van der Waals surface area contributed by atoms with E-state index in [4.69, 9.17) is 16.3 Å². The van der Waals surface area contributed by atoms with Gasteiger partial charge in [0.25, 0.3) is 0 Å². The first-order chi connectivity index (χ1) is 8.24. The quantitative estimate of drug-likeness (QED) is 0.836. The molecule has 0 radical (unpaired) electrons. The number of hydrogen-bond donors (Lipinski definition) is 2. The zero-order valence-corrected chi connectivity index (χ0v) is 11.1. The number of ether oxygens (including phenoxy) is 1. The number of benzene rings is 1. The van der Waals surface area contributed by atoms with Crippen molar-refractivity contribution in [3.8, 4) is 17.0 Å². The number of nitrogens with one attached hydrogen (secondary N) is 1. The van der Waals surface area contributed by atoms with E-state index in [0.717, 1.165) is 35.0 Å². The summed E-state index contributed by atoms with van der Waals surface area (Å²) >= 11 is 10.2. The van der Waals surface area contributed by atoms with Crippen molar-refractivity contribution in [2.75, 3.05) is 12.9 Å². The lowest BCUT2D eigenvalue weighted by Crippen LogP contribution is -1.90. The lowest BCUT2D eigenvalue weighted by molar-refractivity contribution is 0.416. The van der Waals surface area contributed by atoms with Gasteiger partial charge in [-0.2, -0.15) is 12.6 Å². The smallest absolute Gasteiger partial charge is 0.128 e. The van der Waals surface area contributed by atoms with Crippen LogP contribution in [0, 0.1) is 0 Å². The van der Waals surface area contributed by atoms with Crippen molar-refractivity contribution in [2.24, 2.45) is 0 Å². The van der Waals surface area contributed by atoms with Crippen molar-refractivity contribution in [3.05, 3.63) is 35.2 Å². The van der Waals surface area contributed by atoms with Crippen molar-refractivity contribution >= 4 is 24.2 Å². The highest BCUT2D eigenvalue weighted by molar-refractivity contribution is 7.80. The number of aromatic amines is 1. The van der Waals surface area contributed by atoms with Crippen LogP contribution in [0.2, 0.25) is 5.02 Å². The summed E-state index contributed by atoms with van der Waals surface area (Å²) in [6, 6.07) is 5.50. The molecule has 0 aliphatic carbocycles. The molecule has 1 heterocycles. The second-order valence-electron chi connectivity index (χ2n) is 3.56. The summed E-state index contributed by atoms with van der Waals surface area (Å²) in [6.07, 6.45) is 2.60. The molecule has 1 N–H and O–H groups in total. The molecule has 0 fully saturated rings. The Morgan fingerprint density at radius 3 is 3.00 bits per heavy atom. The second kappa shape index (κ2) is 5.47. The average Bonchev–Trinajstić information content (AvgIpc) is 2.78. The number of hydrogen-bond acceptors (Lipinski definition) is 3. The van der Waals surface area contributed by atoms with Gasteiger partial charge in [0.2, 0.25) is 0 Å². The Balaban J connectivity index is 2.40. The highest BCUT2D eigenvalue weighted by Gasteiger charge is 2.09. The van der Waals surface area contributed by atoms with Crippen LogP contribution < -0.4 is 4.74 Å². The van der Waals surface area contributed by atoms with Crippen molar-refractivity contribution < 1.29 is 4.74 Å². The maximum atomic E-state index is 5.99. The number of imidazole rings is 1. The van der Waals surface area contributed by atoms with Crippen molar-refractivity contribution in [1.82, 2.24) is 9.97 Å². The first kappa shape index (κ1) is 12.3. The zero-order valence-electron chi connectivity index (χ0n) is 9.40. The molecule has 0 amide bonds. The van der Waals surface area contributed by atoms with Gasteiger partial charge in [-0.15, -0.1) is 0 Å². The fraction of sp³-hybridized carbons (Fsp3) is 0.250. The number of aryl methyl sites for hydroxylation is 1. The molecule has 0 bridgehead atoms. The number of aromatic nitrogens is 2. The van der Waals surface area contributed by atoms with Gasteiger partial charge in [0.15, 0.2) is 0 Å². The summed E-state index contributed by atoms with van der Waals surface area (Å²) in [6.45, 7) is 0. The van der Waals surface area contributed by atoms with Crippen LogP contribution in [0.3, 0.4) is 0 Å². The minimum Gasteiger partial charge on any atom is -0.496 e. The molecule has 0 atom stereocenters. The molecule has 0 spiro atoms. The number of halogens is 1. The normalized spacial score (nSPS) is 10.5. The molecule has 1 aromatic heterocycles. The van der Waals surface area contributed by atoms with Crippen LogP contribution in [0.25, 0.3) is 11.3 Å². The molecule has 0 unspecified atom stereocenters. The summed E-state index contributed by atoms with van der Waals surface area (Å²) in [7, 11) is 1.64. The summed E-state index contributed by atoms with van der Waals surface area (Å²) in [4.78, 5) is 7.52. The third-order valence-corrected chi connectivity index (χ3v) is 2.89. The molecule has 5 heteroatoms. The van der Waals surface area contributed by atoms with E-state index in [1.165, 1.54) is 0 Å². The monoisotopic (exact) mass is 268 g/mol. The van der Waals surface area contributed by atoms with Crippen LogP contribution >= 0.6 is 24.2 Å². The van der Waals surface area contributed by atoms with E-state index in [1.807, 2.05) is 12.1 Å². The van der Waals surface area contributed by atoms with E-state index in [2.05, 4.69) is 22.6 Å². The molecule has 17 heavy (non-hydrogen) atoms. The van der Waals surface area contributed by atoms with Gasteiger partial charge >= 0.3 is 0 Å². The summed E-state index contributed by atoms with van der Waals surface area (Å²) in [5.41, 5.74) is 1.82. The predicted molar refractivity (Wildman–Crippen MR) is 73.1 cm³/mol. The topological polar surface area (TPSA) is 37.9 Å². The Morgan fingerprint density at radius 2 is 2.29 bits per heavy atom. The summed E-state index contributed by atoms with van der Waals surface area (Å²) in [5.74, 6) is 2.45. The van der Waals surface area contributed by atoms with E-state index >= 15 is 0 Å². The maximum absolute atomic E-state index is 5.99. The number of H-pyrrole nitrogens is 1. The molecular weight excluding hydrogens is 256 g/mol. The van der Waals surface area contributed by atoms with E-state index < -0.39 is 0 Å². The number of rotatable bonds is 4. The molecule has 1 aromatic carbocycles. The van der Waals surface area contributed by atoms with Gasteiger partial charge in [-0.1, -0.05) is 11.6 Å². The largest absolute Gasteiger partial charge is 0.496 e. The van der Waals surface area contributed by atoms with Crippen LogP contribution in [0.4, 0.5) is 0 Å². The van der Waals surface area contributed by atoms with Gasteiger partial charge in [0, 0.05) is 17.0 Å². The van der Waals surface area contributed by atoms with Gasteiger partial charge in [0.1, 0.15) is 11.6 Å². The van der Waals surface area contributed by atoms with Crippen molar-refractivity contribution in [2.45, 2.75) is 6.42 Å². The van der Waals surface area contributed by atoms with Crippen molar-refractivity contribution in [3.63, 3.8) is 0 Å². The second-order valence-corrected chi connectivity index (χ2v) is 4.45. The van der Waals surface area contributed by atoms with Crippen LogP contribution in [-0.4, -0.2) is 22.8 Å². The maximum Gasteiger partial charge on any atom is 0.128 e. The average molecular weight is 269 g/mol. The number of nitrogens with zero attached hydrogens (tertiary/aromatic N) is 1. The Bertz CT molecular complexity index is 513. The first-order valence-electron chi connectivity index (χ1n) is 5.23. The van der Waals surface area contributed by atoms with E-state index in [-0.39, 0.29) is 0 Å². The lowest BCUT2D eigenvalue weighted by Gasteiger charge is -2.06. The zero-order chi connectivity index (χ0) is 12.3. The Kier molecular flexibility index (Phi) is 3.97. The highest BCUT2D eigenvalue weighted by atomic mass is 35.5.